The highest BCUT2D eigenvalue weighted by atomic mass is 16.6. The standard InChI is InChI=1S/C25H36O3/c1-18(2)16-23(26)28-24(27)17-20(4)11-8-10-19(3)13-14-22-21(5)12-9-15-25(22,6)7/h8,10-11,13-14,17-18H,9,12,15-16H2,1-7H3/b11-8+,14-13+,19-10+,20-17+. The molecule has 0 amide bonds. The molecule has 1 aliphatic carbocycles. The van der Waals surface area contributed by atoms with Crippen molar-refractivity contribution in [3.05, 3.63) is 58.7 Å². The van der Waals surface area contributed by atoms with Crippen LogP contribution in [0.4, 0.5) is 0 Å². The SMILES string of the molecule is CC1=C(/C=C/C(C)=C/C=C/C(C)=C/C(=O)OC(=O)CC(C)C)C(C)(C)CCC1. The second-order valence-electron chi connectivity index (χ2n) is 8.81. The highest BCUT2D eigenvalue weighted by Gasteiger charge is 2.26. The first-order valence-corrected chi connectivity index (χ1v) is 10.2. The Kier molecular flexibility index (Phi) is 9.37. The first kappa shape index (κ1) is 23.9. The smallest absolute Gasteiger partial charge is 0.338 e. The van der Waals surface area contributed by atoms with Crippen LogP contribution in [0, 0.1) is 11.3 Å². The van der Waals surface area contributed by atoms with Crippen molar-refractivity contribution in [2.45, 2.75) is 74.1 Å². The van der Waals surface area contributed by atoms with E-state index < -0.39 is 11.9 Å². The molecule has 0 bridgehead atoms. The fourth-order valence-corrected chi connectivity index (χ4v) is 3.38. The van der Waals surface area contributed by atoms with Gasteiger partial charge < -0.3 is 4.74 Å². The van der Waals surface area contributed by atoms with Crippen molar-refractivity contribution in [1.82, 2.24) is 0 Å². The Morgan fingerprint density at radius 1 is 1.14 bits per heavy atom. The van der Waals surface area contributed by atoms with Gasteiger partial charge in [-0.05, 0) is 62.5 Å². The van der Waals surface area contributed by atoms with E-state index in [4.69, 9.17) is 4.74 Å². The van der Waals surface area contributed by atoms with Gasteiger partial charge in [0.2, 0.25) is 0 Å². The third-order valence-electron chi connectivity index (χ3n) is 4.91. The van der Waals surface area contributed by atoms with Gasteiger partial charge in [-0.2, -0.15) is 0 Å². The predicted molar refractivity (Wildman–Crippen MR) is 117 cm³/mol. The summed E-state index contributed by atoms with van der Waals surface area (Å²) in [4.78, 5) is 23.2. The number of rotatable bonds is 7. The lowest BCUT2D eigenvalue weighted by Gasteiger charge is -2.32. The first-order chi connectivity index (χ1) is 13.0. The lowest BCUT2D eigenvalue weighted by atomic mass is 9.72. The molecule has 0 N–H and O–H groups in total. The molecule has 0 heterocycles. The molecule has 0 spiro atoms. The summed E-state index contributed by atoms with van der Waals surface area (Å²) in [5.74, 6) is -0.926. The molecule has 1 rings (SSSR count). The van der Waals surface area contributed by atoms with Gasteiger partial charge in [0.1, 0.15) is 0 Å². The zero-order valence-electron chi connectivity index (χ0n) is 18.6. The summed E-state index contributed by atoms with van der Waals surface area (Å²) < 4.78 is 4.77. The number of esters is 2. The fourth-order valence-electron chi connectivity index (χ4n) is 3.38. The normalized spacial score (nSPS) is 18.4. The predicted octanol–water partition coefficient (Wildman–Crippen LogP) is 6.63. The van der Waals surface area contributed by atoms with E-state index >= 15 is 0 Å². The van der Waals surface area contributed by atoms with Gasteiger partial charge in [0, 0.05) is 12.5 Å². The average Bonchev–Trinajstić information content (AvgIpc) is 2.52. The Bertz CT molecular complexity index is 725. The van der Waals surface area contributed by atoms with Gasteiger partial charge in [-0.1, -0.05) is 69.2 Å². The summed E-state index contributed by atoms with van der Waals surface area (Å²) in [5.41, 5.74) is 5.05. The minimum atomic E-state index is -0.615. The molecule has 0 radical (unpaired) electrons. The largest absolute Gasteiger partial charge is 0.390 e. The molecule has 0 unspecified atom stereocenters. The summed E-state index contributed by atoms with van der Waals surface area (Å²) in [7, 11) is 0. The van der Waals surface area contributed by atoms with Gasteiger partial charge in [-0.25, -0.2) is 4.79 Å². The van der Waals surface area contributed by atoms with E-state index in [1.165, 1.54) is 36.5 Å². The van der Waals surface area contributed by atoms with Crippen LogP contribution in [-0.4, -0.2) is 11.9 Å². The van der Waals surface area contributed by atoms with Crippen LogP contribution < -0.4 is 0 Å². The number of ether oxygens (including phenoxy) is 1. The van der Waals surface area contributed by atoms with Crippen LogP contribution in [0.15, 0.2) is 58.7 Å². The molecule has 28 heavy (non-hydrogen) atoms. The van der Waals surface area contributed by atoms with Crippen LogP contribution in [0.2, 0.25) is 0 Å². The molecule has 3 heteroatoms. The fraction of sp³-hybridized carbons (Fsp3) is 0.520. The van der Waals surface area contributed by atoms with Crippen molar-refractivity contribution >= 4 is 11.9 Å². The minimum Gasteiger partial charge on any atom is -0.390 e. The number of hydrogen-bond donors (Lipinski definition) is 0. The van der Waals surface area contributed by atoms with Crippen molar-refractivity contribution in [2.24, 2.45) is 11.3 Å². The van der Waals surface area contributed by atoms with E-state index in [1.54, 1.807) is 0 Å². The van der Waals surface area contributed by atoms with E-state index in [2.05, 4.69) is 39.8 Å². The number of carbonyl (C=O) groups excluding carboxylic acids is 2. The molecule has 0 aromatic carbocycles. The third-order valence-corrected chi connectivity index (χ3v) is 4.91. The molecule has 0 aromatic heterocycles. The van der Waals surface area contributed by atoms with Crippen LogP contribution >= 0.6 is 0 Å². The summed E-state index contributed by atoms with van der Waals surface area (Å²) in [6.45, 7) is 14.5. The Balaban J connectivity index is 2.67. The Morgan fingerprint density at radius 2 is 1.82 bits per heavy atom. The van der Waals surface area contributed by atoms with Crippen molar-refractivity contribution in [1.29, 1.82) is 0 Å². The topological polar surface area (TPSA) is 43.4 Å². The molecular weight excluding hydrogens is 348 g/mol. The van der Waals surface area contributed by atoms with Gasteiger partial charge in [0.15, 0.2) is 0 Å². The molecule has 0 aliphatic heterocycles. The highest BCUT2D eigenvalue weighted by molar-refractivity contribution is 5.92. The first-order valence-electron chi connectivity index (χ1n) is 10.2. The van der Waals surface area contributed by atoms with Crippen molar-refractivity contribution in [3.63, 3.8) is 0 Å². The molecule has 154 valence electrons. The maximum Gasteiger partial charge on any atom is 0.338 e. The van der Waals surface area contributed by atoms with Crippen LogP contribution in [-0.2, 0) is 14.3 Å². The Labute approximate surface area is 170 Å². The van der Waals surface area contributed by atoms with Gasteiger partial charge in [0.25, 0.3) is 0 Å². The molecule has 0 saturated heterocycles. The van der Waals surface area contributed by atoms with E-state index in [0.717, 1.165) is 11.1 Å². The summed E-state index contributed by atoms with van der Waals surface area (Å²) >= 11 is 0. The summed E-state index contributed by atoms with van der Waals surface area (Å²) in [6.07, 6.45) is 15.4. The molecule has 0 aromatic rings. The van der Waals surface area contributed by atoms with Crippen LogP contribution in [0.3, 0.4) is 0 Å². The molecule has 0 atom stereocenters. The maximum atomic E-state index is 11.7. The van der Waals surface area contributed by atoms with Crippen molar-refractivity contribution in [3.8, 4) is 0 Å². The number of hydrogen-bond acceptors (Lipinski definition) is 3. The molecule has 1 aliphatic rings. The number of allylic oxidation sites excluding steroid dienone is 9. The second-order valence-corrected chi connectivity index (χ2v) is 8.81. The third kappa shape index (κ3) is 8.69. The minimum absolute atomic E-state index is 0.171. The highest BCUT2D eigenvalue weighted by Crippen LogP contribution is 2.40. The maximum absolute atomic E-state index is 11.7. The zero-order chi connectivity index (χ0) is 21.3. The summed E-state index contributed by atoms with van der Waals surface area (Å²) in [6, 6.07) is 0. The van der Waals surface area contributed by atoms with E-state index in [1.807, 2.05) is 39.0 Å². The molecular formula is C25H36O3. The second kappa shape index (κ2) is 11.0. The Morgan fingerprint density at radius 3 is 2.43 bits per heavy atom. The molecule has 0 fully saturated rings. The van der Waals surface area contributed by atoms with E-state index in [0.29, 0.717) is 0 Å². The summed E-state index contributed by atoms with van der Waals surface area (Å²) in [5, 5.41) is 0. The van der Waals surface area contributed by atoms with Gasteiger partial charge >= 0.3 is 11.9 Å². The van der Waals surface area contributed by atoms with Gasteiger partial charge in [0.05, 0.1) is 0 Å². The Hall–Kier alpha value is -2.16. The monoisotopic (exact) mass is 384 g/mol. The van der Waals surface area contributed by atoms with Crippen LogP contribution in [0.5, 0.6) is 0 Å². The quantitative estimate of drug-likeness (QED) is 0.214. The van der Waals surface area contributed by atoms with E-state index in [9.17, 15) is 9.59 Å². The molecule has 3 nitrogen and oxygen atoms in total. The lowest BCUT2D eigenvalue weighted by molar-refractivity contribution is -0.156. The average molecular weight is 385 g/mol. The lowest BCUT2D eigenvalue weighted by Crippen LogP contribution is -2.19. The van der Waals surface area contributed by atoms with Crippen LogP contribution in [0.25, 0.3) is 0 Å². The number of carbonyl (C=O) groups is 2. The molecule has 0 saturated carbocycles. The van der Waals surface area contributed by atoms with Gasteiger partial charge in [-0.3, -0.25) is 4.79 Å². The van der Waals surface area contributed by atoms with Crippen molar-refractivity contribution < 1.29 is 14.3 Å². The van der Waals surface area contributed by atoms with Crippen LogP contribution in [0.1, 0.15) is 74.1 Å². The zero-order valence-corrected chi connectivity index (χ0v) is 18.6. The van der Waals surface area contributed by atoms with E-state index in [-0.39, 0.29) is 17.8 Å². The van der Waals surface area contributed by atoms with Crippen molar-refractivity contribution in [2.75, 3.05) is 0 Å². The van der Waals surface area contributed by atoms with Gasteiger partial charge in [-0.15, -0.1) is 0 Å².